The van der Waals surface area contributed by atoms with Gasteiger partial charge in [-0.1, -0.05) is 140 Å². The molecule has 0 aliphatic carbocycles. The summed E-state index contributed by atoms with van der Waals surface area (Å²) in [5, 5.41) is 5.87. The average molecular weight is 574 g/mol. The van der Waals surface area contributed by atoms with Crippen LogP contribution in [0.2, 0.25) is 0 Å². The van der Waals surface area contributed by atoms with Crippen LogP contribution in [0.15, 0.2) is 164 Å². The Labute approximate surface area is 260 Å². The summed E-state index contributed by atoms with van der Waals surface area (Å²) in [4.78, 5) is 10.6. The lowest BCUT2D eigenvalue weighted by molar-refractivity contribution is 1.01. The highest BCUT2D eigenvalue weighted by atomic mass is 15.2. The van der Waals surface area contributed by atoms with Gasteiger partial charge in [-0.3, -0.25) is 4.57 Å². The lowest BCUT2D eigenvalue weighted by Gasteiger charge is -2.13. The first-order valence-corrected chi connectivity index (χ1v) is 15.3. The van der Waals surface area contributed by atoms with E-state index in [9.17, 15) is 0 Å². The molecule has 0 saturated carbocycles. The molecule has 0 unspecified atom stereocenters. The van der Waals surface area contributed by atoms with Crippen molar-refractivity contribution < 1.29 is 0 Å². The van der Waals surface area contributed by atoms with Crippen molar-refractivity contribution in [1.82, 2.24) is 14.5 Å². The van der Waals surface area contributed by atoms with Crippen molar-refractivity contribution >= 4 is 43.5 Å². The summed E-state index contributed by atoms with van der Waals surface area (Å²) in [6.45, 7) is 0. The van der Waals surface area contributed by atoms with Gasteiger partial charge in [0, 0.05) is 21.7 Å². The Morgan fingerprint density at radius 1 is 0.378 bits per heavy atom. The number of para-hydroxylation sites is 1. The number of benzene rings is 7. The van der Waals surface area contributed by atoms with Gasteiger partial charge in [0.25, 0.3) is 0 Å². The standard InChI is InChI=1S/C42H27N3/c1-3-12-28(13-4-1)31-17-11-18-33(26-31)41-35-20-9-10-21-37(35)43-42(44-41)45-38-25-23-30-16-7-8-19-34(30)40(38)36-24-22-32(27-39(36)45)29-14-5-2-6-15-29/h1-27H. The molecule has 0 N–H and O–H groups in total. The number of aromatic nitrogens is 3. The Morgan fingerprint density at radius 2 is 1.02 bits per heavy atom. The van der Waals surface area contributed by atoms with E-state index in [1.54, 1.807) is 0 Å². The number of hydrogen-bond acceptors (Lipinski definition) is 2. The summed E-state index contributed by atoms with van der Waals surface area (Å²) in [7, 11) is 0. The van der Waals surface area contributed by atoms with Crippen molar-refractivity contribution in [3.63, 3.8) is 0 Å². The van der Waals surface area contributed by atoms with Crippen LogP contribution in [0.3, 0.4) is 0 Å². The molecule has 2 aromatic heterocycles. The Balaban J connectivity index is 1.36. The molecule has 0 radical (unpaired) electrons. The molecular formula is C42H27N3. The molecular weight excluding hydrogens is 546 g/mol. The third-order valence-corrected chi connectivity index (χ3v) is 8.80. The summed E-state index contributed by atoms with van der Waals surface area (Å²) in [6.07, 6.45) is 0. The maximum absolute atomic E-state index is 5.38. The molecule has 0 amide bonds. The lowest BCUT2D eigenvalue weighted by atomic mass is 10.00. The van der Waals surface area contributed by atoms with Crippen LogP contribution < -0.4 is 0 Å². The van der Waals surface area contributed by atoms with Crippen molar-refractivity contribution in [2.24, 2.45) is 0 Å². The van der Waals surface area contributed by atoms with E-state index in [1.165, 1.54) is 32.7 Å². The van der Waals surface area contributed by atoms with Gasteiger partial charge in [-0.05, 0) is 57.3 Å². The summed E-state index contributed by atoms with van der Waals surface area (Å²) in [6, 6.07) is 57.9. The van der Waals surface area contributed by atoms with Crippen molar-refractivity contribution in [2.75, 3.05) is 0 Å². The quantitative estimate of drug-likeness (QED) is 0.210. The van der Waals surface area contributed by atoms with E-state index < -0.39 is 0 Å². The predicted molar refractivity (Wildman–Crippen MR) is 188 cm³/mol. The predicted octanol–water partition coefficient (Wildman–Crippen LogP) is 10.9. The van der Waals surface area contributed by atoms with E-state index in [1.807, 2.05) is 0 Å². The SMILES string of the molecule is c1ccc(-c2cccc(-c3nc(-n4c5cc(-c6ccccc6)ccc5c5c6ccccc6ccc54)nc4ccccc34)c2)cc1. The number of hydrogen-bond donors (Lipinski definition) is 0. The van der Waals surface area contributed by atoms with E-state index in [-0.39, 0.29) is 0 Å². The third-order valence-electron chi connectivity index (χ3n) is 8.80. The van der Waals surface area contributed by atoms with Crippen molar-refractivity contribution in [1.29, 1.82) is 0 Å². The van der Waals surface area contributed by atoms with Gasteiger partial charge in [-0.2, -0.15) is 0 Å². The first-order valence-electron chi connectivity index (χ1n) is 15.3. The van der Waals surface area contributed by atoms with Gasteiger partial charge in [-0.15, -0.1) is 0 Å². The Morgan fingerprint density at radius 3 is 1.82 bits per heavy atom. The Kier molecular flexibility index (Phi) is 5.82. The van der Waals surface area contributed by atoms with Crippen molar-refractivity contribution in [3.8, 4) is 39.5 Å². The fourth-order valence-corrected chi connectivity index (χ4v) is 6.67. The number of rotatable bonds is 4. The minimum Gasteiger partial charge on any atom is -0.278 e. The normalized spacial score (nSPS) is 11.6. The largest absolute Gasteiger partial charge is 0.278 e. The van der Waals surface area contributed by atoms with Gasteiger partial charge in [0.05, 0.1) is 22.2 Å². The van der Waals surface area contributed by atoms with Crippen LogP contribution in [0.4, 0.5) is 0 Å². The van der Waals surface area contributed by atoms with Gasteiger partial charge in [0.15, 0.2) is 0 Å². The van der Waals surface area contributed by atoms with Crippen LogP contribution in [-0.2, 0) is 0 Å². The van der Waals surface area contributed by atoms with Crippen LogP contribution in [0.25, 0.3) is 82.9 Å². The number of fused-ring (bicyclic) bond motifs is 6. The van der Waals surface area contributed by atoms with Gasteiger partial charge in [-0.25, -0.2) is 9.97 Å². The van der Waals surface area contributed by atoms with E-state index in [2.05, 4.69) is 168 Å². The zero-order valence-electron chi connectivity index (χ0n) is 24.4. The maximum atomic E-state index is 5.38. The molecule has 0 spiro atoms. The second-order valence-corrected chi connectivity index (χ2v) is 11.5. The van der Waals surface area contributed by atoms with Crippen LogP contribution >= 0.6 is 0 Å². The smallest absolute Gasteiger partial charge is 0.235 e. The van der Waals surface area contributed by atoms with E-state index >= 15 is 0 Å². The molecule has 9 aromatic rings. The summed E-state index contributed by atoms with van der Waals surface area (Å²) in [5.41, 5.74) is 9.75. The summed E-state index contributed by atoms with van der Waals surface area (Å²) < 4.78 is 2.25. The highest BCUT2D eigenvalue weighted by Crippen LogP contribution is 2.39. The molecule has 3 heteroatoms. The molecule has 9 rings (SSSR count). The third kappa shape index (κ3) is 4.21. The first kappa shape index (κ1) is 25.4. The molecule has 0 aliphatic rings. The van der Waals surface area contributed by atoms with E-state index in [4.69, 9.17) is 9.97 Å². The molecule has 0 aliphatic heterocycles. The minimum atomic E-state index is 0.661. The zero-order valence-corrected chi connectivity index (χ0v) is 24.4. The number of nitrogens with zero attached hydrogens (tertiary/aromatic N) is 3. The summed E-state index contributed by atoms with van der Waals surface area (Å²) >= 11 is 0. The second-order valence-electron chi connectivity index (χ2n) is 11.5. The Hall–Kier alpha value is -6.06. The van der Waals surface area contributed by atoms with Crippen molar-refractivity contribution in [3.05, 3.63) is 164 Å². The van der Waals surface area contributed by atoms with Gasteiger partial charge in [0.2, 0.25) is 5.95 Å². The van der Waals surface area contributed by atoms with Crippen LogP contribution in [0.1, 0.15) is 0 Å². The average Bonchev–Trinajstić information content (AvgIpc) is 3.46. The zero-order chi connectivity index (χ0) is 29.7. The molecule has 7 aromatic carbocycles. The molecule has 0 atom stereocenters. The van der Waals surface area contributed by atoms with E-state index in [0.717, 1.165) is 44.3 Å². The highest BCUT2D eigenvalue weighted by molar-refractivity contribution is 6.21. The van der Waals surface area contributed by atoms with E-state index in [0.29, 0.717) is 5.95 Å². The van der Waals surface area contributed by atoms with Crippen molar-refractivity contribution in [2.45, 2.75) is 0 Å². The fourth-order valence-electron chi connectivity index (χ4n) is 6.67. The first-order chi connectivity index (χ1) is 22.3. The van der Waals surface area contributed by atoms with Crippen LogP contribution in [-0.4, -0.2) is 14.5 Å². The van der Waals surface area contributed by atoms with Crippen LogP contribution in [0, 0.1) is 0 Å². The minimum absolute atomic E-state index is 0.661. The Bertz CT molecular complexity index is 2530. The van der Waals surface area contributed by atoms with Gasteiger partial charge in [0.1, 0.15) is 0 Å². The van der Waals surface area contributed by atoms with Crippen LogP contribution in [0.5, 0.6) is 0 Å². The maximum Gasteiger partial charge on any atom is 0.235 e. The molecule has 210 valence electrons. The summed E-state index contributed by atoms with van der Waals surface area (Å²) in [5.74, 6) is 0.661. The molecule has 3 nitrogen and oxygen atoms in total. The molecule has 0 saturated heterocycles. The second kappa shape index (κ2) is 10.3. The monoisotopic (exact) mass is 573 g/mol. The topological polar surface area (TPSA) is 30.7 Å². The molecule has 0 fully saturated rings. The molecule has 45 heavy (non-hydrogen) atoms. The molecule has 2 heterocycles. The van der Waals surface area contributed by atoms with Gasteiger partial charge < -0.3 is 0 Å². The van der Waals surface area contributed by atoms with Gasteiger partial charge >= 0.3 is 0 Å². The molecule has 0 bridgehead atoms. The fraction of sp³-hybridized carbons (Fsp3) is 0. The highest BCUT2D eigenvalue weighted by Gasteiger charge is 2.19. The lowest BCUT2D eigenvalue weighted by Crippen LogP contribution is -2.03.